The van der Waals surface area contributed by atoms with Gasteiger partial charge < -0.3 is 24.8 Å². The number of methoxy groups -OCH3 is 2. The first kappa shape index (κ1) is 27.9. The third-order valence-corrected chi connectivity index (χ3v) is 8.01. The zero-order valence-electron chi connectivity index (χ0n) is 21.8. The zero-order chi connectivity index (χ0) is 27.8. The number of hydrogen-bond acceptors (Lipinski definition) is 7. The van der Waals surface area contributed by atoms with Crippen molar-refractivity contribution >= 4 is 33.2 Å². The van der Waals surface area contributed by atoms with Crippen LogP contribution in [0.5, 0.6) is 11.5 Å². The van der Waals surface area contributed by atoms with E-state index in [-0.39, 0.29) is 39.6 Å². The molecule has 3 aromatic rings. The predicted molar refractivity (Wildman–Crippen MR) is 147 cm³/mol. The van der Waals surface area contributed by atoms with Crippen LogP contribution in [0.25, 0.3) is 0 Å². The fraction of sp³-hybridized carbons (Fsp3) is 0.286. The number of sulfonamides is 1. The van der Waals surface area contributed by atoms with Crippen LogP contribution in [-0.2, 0) is 19.6 Å². The van der Waals surface area contributed by atoms with Gasteiger partial charge in [-0.3, -0.25) is 13.9 Å². The normalized spacial score (nSPS) is 14.9. The highest BCUT2D eigenvalue weighted by atomic mass is 32.2. The van der Waals surface area contributed by atoms with Crippen LogP contribution in [0.2, 0.25) is 0 Å². The topological polar surface area (TPSA) is 123 Å². The third kappa shape index (κ3) is 6.68. The molecule has 4 rings (SSSR count). The van der Waals surface area contributed by atoms with Crippen LogP contribution >= 0.6 is 0 Å². The van der Waals surface area contributed by atoms with Crippen molar-refractivity contribution in [3.05, 3.63) is 78.4 Å². The molecule has 0 unspecified atom stereocenters. The van der Waals surface area contributed by atoms with Crippen molar-refractivity contribution in [2.45, 2.75) is 23.8 Å². The molecule has 0 spiro atoms. The van der Waals surface area contributed by atoms with Gasteiger partial charge in [-0.25, -0.2) is 8.42 Å². The van der Waals surface area contributed by atoms with Crippen LogP contribution < -0.4 is 24.4 Å². The zero-order valence-corrected chi connectivity index (χ0v) is 22.6. The summed E-state index contributed by atoms with van der Waals surface area (Å²) in [5, 5.41) is 5.54. The highest BCUT2D eigenvalue weighted by Gasteiger charge is 2.30. The van der Waals surface area contributed by atoms with Gasteiger partial charge in [-0.15, -0.1) is 0 Å². The number of ether oxygens (including phenoxy) is 3. The van der Waals surface area contributed by atoms with E-state index in [0.717, 1.165) is 17.1 Å². The van der Waals surface area contributed by atoms with Gasteiger partial charge in [-0.1, -0.05) is 30.3 Å². The summed E-state index contributed by atoms with van der Waals surface area (Å²) >= 11 is 0. The van der Waals surface area contributed by atoms with E-state index in [1.54, 1.807) is 54.6 Å². The molecule has 2 amide bonds. The third-order valence-electron chi connectivity index (χ3n) is 6.23. The van der Waals surface area contributed by atoms with Crippen molar-refractivity contribution < 1.29 is 32.2 Å². The number of amides is 2. The first-order valence-electron chi connectivity index (χ1n) is 12.4. The van der Waals surface area contributed by atoms with Gasteiger partial charge in [0.05, 0.1) is 42.2 Å². The summed E-state index contributed by atoms with van der Waals surface area (Å²) in [6.45, 7) is 0.445. The summed E-state index contributed by atoms with van der Waals surface area (Å²) in [5.41, 5.74) is 0.626. The average molecular weight is 554 g/mol. The maximum atomic E-state index is 13.7. The summed E-state index contributed by atoms with van der Waals surface area (Å²) in [4.78, 5) is 26.2. The number of carbonyl (C=O) groups excluding carboxylic acids is 2. The lowest BCUT2D eigenvalue weighted by Gasteiger charge is -2.26. The Morgan fingerprint density at radius 1 is 1.00 bits per heavy atom. The molecule has 1 aliphatic heterocycles. The summed E-state index contributed by atoms with van der Waals surface area (Å²) in [5.74, 6) is -0.409. The Labute approximate surface area is 227 Å². The molecule has 1 atom stereocenters. The Balaban J connectivity index is 1.61. The van der Waals surface area contributed by atoms with E-state index < -0.39 is 22.5 Å². The van der Waals surface area contributed by atoms with Crippen molar-refractivity contribution in [2.75, 3.05) is 43.5 Å². The minimum absolute atomic E-state index is 0.00316. The minimum atomic E-state index is -4.20. The molecule has 11 heteroatoms. The van der Waals surface area contributed by atoms with Gasteiger partial charge in [0.25, 0.3) is 15.9 Å². The summed E-state index contributed by atoms with van der Waals surface area (Å²) in [7, 11) is -1.34. The number of rotatable bonds is 11. The Hall–Kier alpha value is -4.09. The molecule has 1 saturated heterocycles. The molecular weight excluding hydrogens is 522 g/mol. The van der Waals surface area contributed by atoms with Gasteiger partial charge in [-0.2, -0.15) is 0 Å². The van der Waals surface area contributed by atoms with E-state index in [9.17, 15) is 18.0 Å². The molecule has 0 saturated carbocycles. The molecule has 2 N–H and O–H groups in total. The number of para-hydroxylation sites is 1. The second-order valence-corrected chi connectivity index (χ2v) is 10.7. The van der Waals surface area contributed by atoms with Crippen molar-refractivity contribution in [1.29, 1.82) is 0 Å². The highest BCUT2D eigenvalue weighted by molar-refractivity contribution is 7.92. The van der Waals surface area contributed by atoms with Gasteiger partial charge in [0.2, 0.25) is 5.91 Å². The van der Waals surface area contributed by atoms with Crippen molar-refractivity contribution in [3.8, 4) is 11.5 Å². The lowest BCUT2D eigenvalue weighted by molar-refractivity contribution is -0.114. The molecule has 0 aliphatic carbocycles. The number of nitrogens with one attached hydrogen (secondary N) is 2. The second kappa shape index (κ2) is 12.6. The molecule has 39 heavy (non-hydrogen) atoms. The van der Waals surface area contributed by atoms with Crippen LogP contribution in [0.15, 0.2) is 77.7 Å². The van der Waals surface area contributed by atoms with Gasteiger partial charge in [0.15, 0.2) is 0 Å². The molecule has 0 bridgehead atoms. The first-order valence-corrected chi connectivity index (χ1v) is 13.9. The Kier molecular flexibility index (Phi) is 9.05. The Morgan fingerprint density at radius 2 is 1.74 bits per heavy atom. The largest absolute Gasteiger partial charge is 0.497 e. The van der Waals surface area contributed by atoms with E-state index in [1.807, 2.05) is 0 Å². The summed E-state index contributed by atoms with van der Waals surface area (Å²) < 4.78 is 44.7. The molecule has 0 radical (unpaired) electrons. The van der Waals surface area contributed by atoms with E-state index in [4.69, 9.17) is 14.2 Å². The Bertz CT molecular complexity index is 1410. The number of carbonyl (C=O) groups is 2. The maximum Gasteiger partial charge on any atom is 0.264 e. The van der Waals surface area contributed by atoms with Gasteiger partial charge >= 0.3 is 0 Å². The maximum absolute atomic E-state index is 13.7. The summed E-state index contributed by atoms with van der Waals surface area (Å²) in [6.07, 6.45) is 1.79. The molecule has 1 heterocycles. The number of hydrogen-bond donors (Lipinski definition) is 2. The number of anilines is 2. The smallest absolute Gasteiger partial charge is 0.264 e. The van der Waals surface area contributed by atoms with Crippen LogP contribution in [0.1, 0.15) is 23.2 Å². The molecule has 206 valence electrons. The molecule has 1 aliphatic rings. The lowest BCUT2D eigenvalue weighted by atomic mass is 10.1. The van der Waals surface area contributed by atoms with Crippen LogP contribution in [-0.4, -0.2) is 60.3 Å². The number of benzene rings is 3. The van der Waals surface area contributed by atoms with Crippen LogP contribution in [0, 0.1) is 0 Å². The predicted octanol–water partition coefficient (Wildman–Crippen LogP) is 3.45. The quantitative estimate of drug-likeness (QED) is 0.373. The van der Waals surface area contributed by atoms with Crippen molar-refractivity contribution in [1.82, 2.24) is 5.32 Å². The van der Waals surface area contributed by atoms with Crippen LogP contribution in [0.4, 0.5) is 11.4 Å². The Morgan fingerprint density at radius 3 is 2.44 bits per heavy atom. The van der Waals surface area contributed by atoms with Gasteiger partial charge in [0.1, 0.15) is 18.0 Å². The molecule has 10 nitrogen and oxygen atoms in total. The van der Waals surface area contributed by atoms with E-state index in [2.05, 4.69) is 10.6 Å². The fourth-order valence-electron chi connectivity index (χ4n) is 4.23. The lowest BCUT2D eigenvalue weighted by Crippen LogP contribution is -2.39. The van der Waals surface area contributed by atoms with Crippen molar-refractivity contribution in [2.24, 2.45) is 0 Å². The monoisotopic (exact) mass is 553 g/mol. The number of nitrogens with zero attached hydrogens (tertiary/aromatic N) is 1. The van der Waals surface area contributed by atoms with Crippen LogP contribution in [0.3, 0.4) is 0 Å². The average Bonchev–Trinajstić information content (AvgIpc) is 3.49. The minimum Gasteiger partial charge on any atom is -0.497 e. The van der Waals surface area contributed by atoms with E-state index in [1.165, 1.54) is 32.4 Å². The van der Waals surface area contributed by atoms with E-state index >= 15 is 0 Å². The van der Waals surface area contributed by atoms with Gasteiger partial charge in [0, 0.05) is 19.2 Å². The standard InChI is InChI=1S/C28H31N3O7S/c1-36-20-14-15-26(37-2)25(17-20)31(39(34,35)22-10-4-3-5-11-22)19-27(32)30-24-13-7-6-12-23(24)28(33)29-18-21-9-8-16-38-21/h3-7,10-15,17,21H,8-9,16,18-19H2,1-2H3,(H,29,33)(H,30,32)/t21-/m0/s1. The molecule has 3 aromatic carbocycles. The summed E-state index contributed by atoms with van der Waals surface area (Å²) in [6, 6.07) is 19.0. The second-order valence-electron chi connectivity index (χ2n) is 8.80. The van der Waals surface area contributed by atoms with E-state index in [0.29, 0.717) is 18.9 Å². The van der Waals surface area contributed by atoms with Crippen molar-refractivity contribution in [3.63, 3.8) is 0 Å². The molecule has 1 fully saturated rings. The first-order chi connectivity index (χ1) is 18.8. The van der Waals surface area contributed by atoms with Gasteiger partial charge in [-0.05, 0) is 49.2 Å². The molecule has 0 aromatic heterocycles. The highest BCUT2D eigenvalue weighted by Crippen LogP contribution is 2.35. The SMILES string of the molecule is COc1ccc(OC)c(N(CC(=O)Nc2ccccc2C(=O)NC[C@@H]2CCCO2)S(=O)(=O)c2ccccc2)c1. The fourth-order valence-corrected chi connectivity index (χ4v) is 5.67. The molecular formula is C28H31N3O7S.